The van der Waals surface area contributed by atoms with Crippen LogP contribution in [-0.4, -0.2) is 51.2 Å². The Morgan fingerprint density at radius 3 is 2.31 bits per heavy atom. The van der Waals surface area contributed by atoms with Crippen LogP contribution < -0.4 is 5.32 Å². The van der Waals surface area contributed by atoms with Gasteiger partial charge in [-0.25, -0.2) is 4.98 Å². The van der Waals surface area contributed by atoms with Crippen molar-refractivity contribution < 1.29 is 19.1 Å². The quantitative estimate of drug-likeness (QED) is 0.555. The number of nitrogens with zero attached hydrogens (tertiary/aromatic N) is 4. The second-order valence-corrected chi connectivity index (χ2v) is 9.12. The smallest absolute Gasteiger partial charge is 0.311 e. The van der Waals surface area contributed by atoms with Gasteiger partial charge in [-0.3, -0.25) is 9.59 Å². The Morgan fingerprint density at radius 1 is 1.14 bits per heavy atom. The van der Waals surface area contributed by atoms with Crippen LogP contribution in [0.1, 0.15) is 41.5 Å². The molecule has 0 spiro atoms. The van der Waals surface area contributed by atoms with Crippen LogP contribution in [0.15, 0.2) is 6.33 Å². The SMILES string of the molecule is CNc1nc(Cl)nc2c1ncn2CC(COC(=O)C(C)(C)C)OC(=O)C(C)(C)C. The Labute approximate surface area is 175 Å². The van der Waals surface area contributed by atoms with Gasteiger partial charge in [0.1, 0.15) is 6.61 Å². The predicted octanol–water partition coefficient (Wildman–Crippen LogP) is 3.07. The molecule has 1 N–H and O–H groups in total. The van der Waals surface area contributed by atoms with Crippen molar-refractivity contribution >= 4 is 40.5 Å². The van der Waals surface area contributed by atoms with Crippen LogP contribution in [0.2, 0.25) is 5.28 Å². The second kappa shape index (κ2) is 8.52. The van der Waals surface area contributed by atoms with E-state index in [1.54, 1.807) is 59.5 Å². The van der Waals surface area contributed by atoms with Crippen LogP contribution in [0.4, 0.5) is 5.82 Å². The Balaban J connectivity index is 2.29. The number of fused-ring (bicyclic) bond motifs is 1. The molecule has 2 aromatic rings. The number of aromatic nitrogens is 4. The minimum atomic E-state index is -0.725. The first-order chi connectivity index (χ1) is 13.3. The first-order valence-electron chi connectivity index (χ1n) is 9.27. The van der Waals surface area contributed by atoms with Gasteiger partial charge in [-0.2, -0.15) is 9.97 Å². The standard InChI is InChI=1S/C19H28ClN5O4/c1-18(2,3)15(26)28-9-11(29-16(27)19(4,5)6)8-25-10-22-12-13(21-7)23-17(20)24-14(12)25/h10-11H,8-9H2,1-7H3,(H,21,23,24). The van der Waals surface area contributed by atoms with E-state index in [9.17, 15) is 9.59 Å². The molecule has 2 aromatic heterocycles. The number of esters is 2. The number of ether oxygens (including phenoxy) is 2. The summed E-state index contributed by atoms with van der Waals surface area (Å²) in [5.41, 5.74) is -0.352. The minimum absolute atomic E-state index is 0.0611. The monoisotopic (exact) mass is 425 g/mol. The second-order valence-electron chi connectivity index (χ2n) is 8.79. The van der Waals surface area contributed by atoms with Crippen LogP contribution in [-0.2, 0) is 25.6 Å². The molecule has 1 unspecified atom stereocenters. The van der Waals surface area contributed by atoms with E-state index in [1.807, 2.05) is 0 Å². The first-order valence-corrected chi connectivity index (χ1v) is 9.65. The molecule has 0 radical (unpaired) electrons. The fraction of sp³-hybridized carbons (Fsp3) is 0.632. The summed E-state index contributed by atoms with van der Waals surface area (Å²) in [5, 5.41) is 2.98. The average molecular weight is 426 g/mol. The van der Waals surface area contributed by atoms with Gasteiger partial charge in [0.05, 0.1) is 23.7 Å². The van der Waals surface area contributed by atoms with E-state index in [4.69, 9.17) is 21.1 Å². The zero-order chi connectivity index (χ0) is 22.0. The molecule has 0 saturated heterocycles. The van der Waals surface area contributed by atoms with Crippen molar-refractivity contribution in [1.29, 1.82) is 0 Å². The molecule has 9 nitrogen and oxygen atoms in total. The third kappa shape index (κ3) is 5.79. The van der Waals surface area contributed by atoms with Crippen molar-refractivity contribution in [2.24, 2.45) is 10.8 Å². The Morgan fingerprint density at radius 2 is 1.76 bits per heavy atom. The fourth-order valence-electron chi connectivity index (χ4n) is 2.28. The lowest BCUT2D eigenvalue weighted by Gasteiger charge is -2.25. The van der Waals surface area contributed by atoms with Crippen molar-refractivity contribution in [2.45, 2.75) is 54.2 Å². The molecule has 0 aliphatic rings. The molecule has 0 fully saturated rings. The van der Waals surface area contributed by atoms with Crippen molar-refractivity contribution in [2.75, 3.05) is 19.0 Å². The highest BCUT2D eigenvalue weighted by molar-refractivity contribution is 6.28. The summed E-state index contributed by atoms with van der Waals surface area (Å²) in [5.74, 6) is -0.295. The number of carbonyl (C=O) groups excluding carboxylic acids is 2. The highest BCUT2D eigenvalue weighted by atomic mass is 35.5. The van der Waals surface area contributed by atoms with E-state index in [1.165, 1.54) is 0 Å². The number of rotatable bonds is 6. The lowest BCUT2D eigenvalue weighted by atomic mass is 9.97. The highest BCUT2D eigenvalue weighted by Crippen LogP contribution is 2.23. The zero-order valence-corrected chi connectivity index (χ0v) is 18.6. The molecule has 0 saturated carbocycles. The highest BCUT2D eigenvalue weighted by Gasteiger charge is 2.30. The van der Waals surface area contributed by atoms with E-state index in [2.05, 4.69) is 20.3 Å². The molecular weight excluding hydrogens is 398 g/mol. The number of imidazole rings is 1. The molecule has 0 amide bonds. The summed E-state index contributed by atoms with van der Waals surface area (Å²) < 4.78 is 12.7. The van der Waals surface area contributed by atoms with Gasteiger partial charge in [0.2, 0.25) is 5.28 Å². The molecule has 0 aliphatic heterocycles. The van der Waals surface area contributed by atoms with Crippen LogP contribution in [0.5, 0.6) is 0 Å². The van der Waals surface area contributed by atoms with E-state index in [-0.39, 0.29) is 24.4 Å². The van der Waals surface area contributed by atoms with Crippen molar-refractivity contribution in [3.05, 3.63) is 11.6 Å². The third-order valence-electron chi connectivity index (χ3n) is 3.97. The van der Waals surface area contributed by atoms with Crippen LogP contribution in [0.3, 0.4) is 0 Å². The van der Waals surface area contributed by atoms with Crippen molar-refractivity contribution in [3.8, 4) is 0 Å². The van der Waals surface area contributed by atoms with E-state index >= 15 is 0 Å². The average Bonchev–Trinajstić information content (AvgIpc) is 2.99. The molecule has 2 rings (SSSR count). The largest absolute Gasteiger partial charge is 0.461 e. The van der Waals surface area contributed by atoms with Gasteiger partial charge >= 0.3 is 11.9 Å². The van der Waals surface area contributed by atoms with E-state index in [0.717, 1.165) is 0 Å². The van der Waals surface area contributed by atoms with Crippen molar-refractivity contribution in [3.63, 3.8) is 0 Å². The van der Waals surface area contributed by atoms with Crippen LogP contribution >= 0.6 is 11.6 Å². The topological polar surface area (TPSA) is 108 Å². The molecule has 0 aliphatic carbocycles. The Bertz CT molecular complexity index is 898. The number of halogens is 1. The van der Waals surface area contributed by atoms with Crippen LogP contribution in [0, 0.1) is 10.8 Å². The zero-order valence-electron chi connectivity index (χ0n) is 17.9. The normalized spacial score (nSPS) is 13.2. The maximum atomic E-state index is 12.4. The summed E-state index contributed by atoms with van der Waals surface area (Å²) >= 11 is 6.01. The number of nitrogens with one attached hydrogen (secondary N) is 1. The molecule has 160 valence electrons. The molecule has 1 atom stereocenters. The molecule has 29 heavy (non-hydrogen) atoms. The summed E-state index contributed by atoms with van der Waals surface area (Å²) in [7, 11) is 1.71. The van der Waals surface area contributed by atoms with Crippen LogP contribution in [0.25, 0.3) is 11.2 Å². The number of hydrogen-bond donors (Lipinski definition) is 1. The molecule has 0 aromatic carbocycles. The Kier molecular flexibility index (Phi) is 6.72. The first kappa shape index (κ1) is 22.9. The van der Waals surface area contributed by atoms with Gasteiger partial charge in [-0.05, 0) is 53.1 Å². The predicted molar refractivity (Wildman–Crippen MR) is 110 cm³/mol. The summed E-state index contributed by atoms with van der Waals surface area (Å²) in [6, 6.07) is 0. The molecule has 2 heterocycles. The maximum Gasteiger partial charge on any atom is 0.311 e. The molecular formula is C19H28ClN5O4. The minimum Gasteiger partial charge on any atom is -0.461 e. The Hall–Kier alpha value is -2.42. The molecule has 10 heteroatoms. The van der Waals surface area contributed by atoms with Gasteiger partial charge in [0, 0.05) is 7.05 Å². The lowest BCUT2D eigenvalue weighted by molar-refractivity contribution is -0.169. The maximum absolute atomic E-state index is 12.4. The number of carbonyl (C=O) groups is 2. The third-order valence-corrected chi connectivity index (χ3v) is 4.14. The lowest BCUT2D eigenvalue weighted by Crippen LogP contribution is -2.35. The summed E-state index contributed by atoms with van der Waals surface area (Å²) in [6.45, 7) is 10.6. The molecule has 0 bridgehead atoms. The van der Waals surface area contributed by atoms with E-state index < -0.39 is 22.9 Å². The van der Waals surface area contributed by atoms with E-state index in [0.29, 0.717) is 17.0 Å². The van der Waals surface area contributed by atoms with Crippen molar-refractivity contribution in [1.82, 2.24) is 19.5 Å². The van der Waals surface area contributed by atoms with Gasteiger partial charge in [-0.1, -0.05) is 0 Å². The fourth-order valence-corrected chi connectivity index (χ4v) is 2.45. The van der Waals surface area contributed by atoms with Gasteiger partial charge < -0.3 is 19.4 Å². The number of hydrogen-bond acceptors (Lipinski definition) is 8. The summed E-state index contributed by atoms with van der Waals surface area (Å²) in [6.07, 6.45) is 0.831. The van der Waals surface area contributed by atoms with Gasteiger partial charge in [0.15, 0.2) is 23.1 Å². The van der Waals surface area contributed by atoms with Gasteiger partial charge in [-0.15, -0.1) is 0 Å². The summed E-state index contributed by atoms with van der Waals surface area (Å²) in [4.78, 5) is 37.2. The van der Waals surface area contributed by atoms with Gasteiger partial charge in [0.25, 0.3) is 0 Å². The number of anilines is 1.